The molecule has 2 bridgehead atoms. The lowest BCUT2D eigenvalue weighted by Crippen LogP contribution is -2.68. The summed E-state index contributed by atoms with van der Waals surface area (Å²) in [6.07, 6.45) is 1.08. The summed E-state index contributed by atoms with van der Waals surface area (Å²) in [5.41, 5.74) is 0.649. The van der Waals surface area contributed by atoms with Crippen LogP contribution in [0, 0.1) is 11.3 Å². The summed E-state index contributed by atoms with van der Waals surface area (Å²) in [5, 5.41) is 4.50. The Hall–Kier alpha value is -4.76. The number of ether oxygens (including phenoxy) is 1. The number of nitrogens with one attached hydrogen (secondary N) is 1. The van der Waals surface area contributed by atoms with Crippen LogP contribution in [0.1, 0.15) is 23.6 Å². The van der Waals surface area contributed by atoms with Crippen LogP contribution in [0.3, 0.4) is 0 Å². The first-order chi connectivity index (χ1) is 20.9. The number of barbiturate groups is 1. The Balaban J connectivity index is 1.30. The molecule has 0 radical (unpaired) electrons. The van der Waals surface area contributed by atoms with Gasteiger partial charge < -0.3 is 14.2 Å². The van der Waals surface area contributed by atoms with Crippen LogP contribution in [0.5, 0.6) is 5.75 Å². The van der Waals surface area contributed by atoms with Gasteiger partial charge in [-0.25, -0.2) is 9.69 Å². The number of anilines is 1. The number of hydrogen-bond donors (Lipinski definition) is 1. The molecule has 0 saturated carbocycles. The first-order valence-corrected chi connectivity index (χ1v) is 14.6. The van der Waals surface area contributed by atoms with E-state index in [2.05, 4.69) is 10.2 Å². The predicted molar refractivity (Wildman–Crippen MR) is 162 cm³/mol. The van der Waals surface area contributed by atoms with Crippen LogP contribution in [0.15, 0.2) is 89.7 Å². The molecule has 2 fully saturated rings. The summed E-state index contributed by atoms with van der Waals surface area (Å²) >= 11 is 0. The van der Waals surface area contributed by atoms with Gasteiger partial charge in [0.25, 0.3) is 11.5 Å². The van der Waals surface area contributed by atoms with Crippen LogP contribution < -0.4 is 20.5 Å². The van der Waals surface area contributed by atoms with E-state index >= 15 is 0 Å². The van der Waals surface area contributed by atoms with Crippen LogP contribution in [-0.4, -0.2) is 54.1 Å². The Morgan fingerprint density at radius 3 is 2.44 bits per heavy atom. The molecule has 3 atom stereocenters. The molecule has 4 amide bonds. The number of hydrogen-bond acceptors (Lipinski definition) is 6. The number of carbonyl (C=O) groups excluding carboxylic acids is 3. The molecule has 3 aromatic carbocycles. The average molecular weight is 577 g/mol. The molecule has 2 saturated heterocycles. The highest BCUT2D eigenvalue weighted by Crippen LogP contribution is 2.40. The fraction of sp³-hybridized carbons (Fsp3) is 0.294. The number of rotatable bonds is 6. The van der Waals surface area contributed by atoms with E-state index in [1.165, 1.54) is 0 Å². The minimum atomic E-state index is -1.57. The molecule has 1 N–H and O–H groups in total. The van der Waals surface area contributed by atoms with Gasteiger partial charge in [-0.1, -0.05) is 48.5 Å². The second-order valence-corrected chi connectivity index (χ2v) is 11.9. The number of likely N-dealkylation sites (tertiary alicyclic amines) is 1. The van der Waals surface area contributed by atoms with Crippen molar-refractivity contribution in [2.75, 3.05) is 31.6 Å². The van der Waals surface area contributed by atoms with E-state index in [0.717, 1.165) is 33.4 Å². The number of nitrogens with zero attached hydrogens (tertiary/aromatic N) is 3. The van der Waals surface area contributed by atoms with E-state index in [0.29, 0.717) is 31.1 Å². The topological polar surface area (TPSA) is 101 Å². The van der Waals surface area contributed by atoms with Gasteiger partial charge in [0.05, 0.1) is 12.8 Å². The molecule has 7 rings (SSSR count). The van der Waals surface area contributed by atoms with Crippen LogP contribution in [0.4, 0.5) is 10.5 Å². The van der Waals surface area contributed by atoms with Crippen molar-refractivity contribution in [3.63, 3.8) is 0 Å². The average Bonchev–Trinajstić information content (AvgIpc) is 3.01. The molecule has 3 aliphatic heterocycles. The van der Waals surface area contributed by atoms with Gasteiger partial charge >= 0.3 is 6.03 Å². The SMILES string of the molecule is COc1ccc(N2C(=O)NC(=O)[C@](Cc3cccc4ccccc34)(CN3C[C@@H]4C[C@H](C3)c3cccc(=O)n3C4)C2=O)cc1. The summed E-state index contributed by atoms with van der Waals surface area (Å²) in [7, 11) is 1.55. The second kappa shape index (κ2) is 10.5. The van der Waals surface area contributed by atoms with Gasteiger partial charge in [-0.3, -0.25) is 19.7 Å². The zero-order valence-electron chi connectivity index (χ0n) is 23.9. The monoisotopic (exact) mass is 576 g/mol. The molecular weight excluding hydrogens is 544 g/mol. The molecule has 0 unspecified atom stereocenters. The summed E-state index contributed by atoms with van der Waals surface area (Å²) < 4.78 is 7.14. The van der Waals surface area contributed by atoms with Crippen LogP contribution in [-0.2, 0) is 22.6 Å². The van der Waals surface area contributed by atoms with Crippen LogP contribution >= 0.6 is 0 Å². The number of piperidine rings is 1. The van der Waals surface area contributed by atoms with E-state index in [1.54, 1.807) is 43.5 Å². The van der Waals surface area contributed by atoms with Crippen molar-refractivity contribution in [3.05, 3.63) is 107 Å². The van der Waals surface area contributed by atoms with Crippen molar-refractivity contribution in [1.82, 2.24) is 14.8 Å². The molecule has 9 nitrogen and oxygen atoms in total. The van der Waals surface area contributed by atoms with Gasteiger partial charge in [0, 0.05) is 43.9 Å². The number of imide groups is 2. The molecule has 3 aliphatic rings. The lowest BCUT2D eigenvalue weighted by molar-refractivity contribution is -0.144. The van der Waals surface area contributed by atoms with Gasteiger partial charge in [0.1, 0.15) is 11.2 Å². The van der Waals surface area contributed by atoms with Gasteiger partial charge in [0.2, 0.25) is 5.91 Å². The second-order valence-electron chi connectivity index (χ2n) is 11.9. The van der Waals surface area contributed by atoms with E-state index in [-0.39, 0.29) is 30.4 Å². The maximum Gasteiger partial charge on any atom is 0.335 e. The molecule has 43 heavy (non-hydrogen) atoms. The van der Waals surface area contributed by atoms with Crippen molar-refractivity contribution in [2.24, 2.45) is 11.3 Å². The van der Waals surface area contributed by atoms with Gasteiger partial charge in [-0.05, 0) is 65.4 Å². The minimum absolute atomic E-state index is 0.00329. The molecule has 4 heterocycles. The minimum Gasteiger partial charge on any atom is -0.497 e. The first-order valence-electron chi connectivity index (χ1n) is 14.6. The molecule has 9 heteroatoms. The van der Waals surface area contributed by atoms with E-state index in [4.69, 9.17) is 4.74 Å². The molecule has 0 spiro atoms. The number of fused-ring (bicyclic) bond motifs is 5. The van der Waals surface area contributed by atoms with Crippen molar-refractivity contribution >= 4 is 34.3 Å². The van der Waals surface area contributed by atoms with E-state index in [9.17, 15) is 19.2 Å². The third kappa shape index (κ3) is 4.60. The Morgan fingerprint density at radius 2 is 1.63 bits per heavy atom. The predicted octanol–water partition coefficient (Wildman–Crippen LogP) is 3.94. The third-order valence-corrected chi connectivity index (χ3v) is 9.22. The van der Waals surface area contributed by atoms with Crippen molar-refractivity contribution < 1.29 is 19.1 Å². The Morgan fingerprint density at radius 1 is 0.860 bits per heavy atom. The van der Waals surface area contributed by atoms with E-state index < -0.39 is 23.3 Å². The van der Waals surface area contributed by atoms with Gasteiger partial charge in [-0.15, -0.1) is 0 Å². The summed E-state index contributed by atoms with van der Waals surface area (Å²) in [6, 6.07) is 25.1. The standard InChI is InChI=1S/C34H32N4O5/c1-43-27-14-12-26(13-15-27)38-32(41)34(31(40)35-33(38)42,17-24-8-4-7-23-6-2-3-9-28(23)24)21-36-18-22-16-25(20-36)29-10-5-11-30(39)37(29)19-22/h2-15,22,25H,16-21H2,1H3,(H,35,40,42)/t22-,25+,34-/m0/s1. The first kappa shape index (κ1) is 27.1. The number of benzene rings is 3. The quantitative estimate of drug-likeness (QED) is 0.349. The highest BCUT2D eigenvalue weighted by atomic mass is 16.5. The number of carbonyl (C=O) groups is 3. The lowest BCUT2D eigenvalue weighted by Gasteiger charge is -2.47. The van der Waals surface area contributed by atoms with Crippen molar-refractivity contribution in [2.45, 2.75) is 25.3 Å². The molecular formula is C34H32N4O5. The van der Waals surface area contributed by atoms with Crippen LogP contribution in [0.25, 0.3) is 10.8 Å². The number of aromatic nitrogens is 1. The Bertz CT molecular complexity index is 1810. The fourth-order valence-electron chi connectivity index (χ4n) is 7.27. The number of amides is 4. The largest absolute Gasteiger partial charge is 0.497 e. The normalized spacial score (nSPS) is 23.7. The van der Waals surface area contributed by atoms with Gasteiger partial charge in [-0.2, -0.15) is 0 Å². The third-order valence-electron chi connectivity index (χ3n) is 9.22. The number of pyridine rings is 1. The van der Waals surface area contributed by atoms with Crippen molar-refractivity contribution in [1.29, 1.82) is 0 Å². The van der Waals surface area contributed by atoms with E-state index in [1.807, 2.05) is 53.1 Å². The van der Waals surface area contributed by atoms with Gasteiger partial charge in [0.15, 0.2) is 0 Å². The fourth-order valence-corrected chi connectivity index (χ4v) is 7.27. The molecule has 0 aliphatic carbocycles. The maximum atomic E-state index is 14.7. The maximum absolute atomic E-state index is 14.7. The number of urea groups is 1. The Labute approximate surface area is 248 Å². The summed E-state index contributed by atoms with van der Waals surface area (Å²) in [4.78, 5) is 57.8. The lowest BCUT2D eigenvalue weighted by atomic mass is 9.75. The Kier molecular flexibility index (Phi) is 6.62. The number of methoxy groups -OCH3 is 1. The molecule has 218 valence electrons. The molecule has 1 aromatic heterocycles. The summed E-state index contributed by atoms with van der Waals surface area (Å²) in [6.45, 7) is 2.00. The van der Waals surface area contributed by atoms with Crippen molar-refractivity contribution in [3.8, 4) is 5.75 Å². The molecule has 4 aromatic rings. The summed E-state index contributed by atoms with van der Waals surface area (Å²) in [5.74, 6) is -0.232. The highest BCUT2D eigenvalue weighted by Gasteiger charge is 2.56. The smallest absolute Gasteiger partial charge is 0.335 e. The highest BCUT2D eigenvalue weighted by molar-refractivity contribution is 6.30. The zero-order chi connectivity index (χ0) is 29.7. The zero-order valence-corrected chi connectivity index (χ0v) is 23.9. The van der Waals surface area contributed by atoms with Crippen LogP contribution in [0.2, 0.25) is 0 Å².